The highest BCUT2D eigenvalue weighted by atomic mass is 32.2. The number of nitrogens with zero attached hydrogens (tertiary/aromatic N) is 1. The maximum absolute atomic E-state index is 14.3. The SMILES string of the molecule is Cc1c(O)cccc1C(=O)N[C@@H](Cc1ccccc1)[C@H](O)C(=O)N1CSC2(CCCC2)[C@H]1C(=O)N[C@H]1CCCc2ccccc21. The molecule has 1 saturated heterocycles. The standard InChI is InChI=1S/C36H41N3O5S/c1-23-26(16-10-18-30(23)40)33(42)38-29(21-24-11-3-2-4-12-24)31(41)35(44)39-22-45-36(19-7-8-20-36)32(39)34(43)37-28-17-9-14-25-13-5-6-15-27(25)28/h2-6,10-13,15-16,18,28-29,31-32,40-41H,7-9,14,17,19-22H2,1H3,(H,37,43)(H,38,42)/t28-,29-,31-,32+/m0/s1. The number of carbonyl (C=O) groups is 3. The fraction of sp³-hybridized carbons (Fsp3) is 0.417. The third-order valence-electron chi connectivity index (χ3n) is 9.77. The predicted octanol–water partition coefficient (Wildman–Crippen LogP) is 4.81. The lowest BCUT2D eigenvalue weighted by Gasteiger charge is -2.36. The first-order chi connectivity index (χ1) is 21.8. The summed E-state index contributed by atoms with van der Waals surface area (Å²) in [5.74, 6) is -0.950. The normalized spacial score (nSPS) is 21.6. The minimum atomic E-state index is -1.59. The van der Waals surface area contributed by atoms with Crippen molar-refractivity contribution >= 4 is 29.5 Å². The summed E-state index contributed by atoms with van der Waals surface area (Å²) in [7, 11) is 0. The number of aryl methyl sites for hydroxylation is 1. The van der Waals surface area contributed by atoms with Gasteiger partial charge in [-0.1, -0.05) is 73.5 Å². The Morgan fingerprint density at radius 3 is 2.49 bits per heavy atom. The van der Waals surface area contributed by atoms with E-state index in [1.54, 1.807) is 35.7 Å². The van der Waals surface area contributed by atoms with Gasteiger partial charge in [0, 0.05) is 15.9 Å². The topological polar surface area (TPSA) is 119 Å². The fourth-order valence-electron chi connectivity index (χ4n) is 7.32. The molecule has 8 nitrogen and oxygen atoms in total. The first-order valence-electron chi connectivity index (χ1n) is 15.9. The number of thioether (sulfide) groups is 1. The van der Waals surface area contributed by atoms with E-state index < -0.39 is 34.7 Å². The van der Waals surface area contributed by atoms with Crippen LogP contribution < -0.4 is 10.6 Å². The number of aromatic hydroxyl groups is 1. The van der Waals surface area contributed by atoms with E-state index in [9.17, 15) is 24.6 Å². The van der Waals surface area contributed by atoms with Crippen molar-refractivity contribution < 1.29 is 24.6 Å². The number of phenols is 1. The molecule has 0 aromatic heterocycles. The second-order valence-electron chi connectivity index (χ2n) is 12.6. The van der Waals surface area contributed by atoms with Gasteiger partial charge in [-0.3, -0.25) is 14.4 Å². The number of amides is 3. The number of aliphatic hydroxyl groups is 1. The molecule has 2 aliphatic carbocycles. The van der Waals surface area contributed by atoms with Crippen molar-refractivity contribution in [1.82, 2.24) is 15.5 Å². The summed E-state index contributed by atoms with van der Waals surface area (Å²) in [6.07, 6.45) is 5.06. The molecule has 3 aliphatic rings. The van der Waals surface area contributed by atoms with Crippen LogP contribution in [-0.4, -0.2) is 61.6 Å². The van der Waals surface area contributed by atoms with Crippen LogP contribution in [0.5, 0.6) is 5.75 Å². The molecular formula is C36H41N3O5S. The first kappa shape index (κ1) is 31.2. The largest absolute Gasteiger partial charge is 0.508 e. The highest BCUT2D eigenvalue weighted by molar-refractivity contribution is 8.01. The molecule has 1 saturated carbocycles. The summed E-state index contributed by atoms with van der Waals surface area (Å²) in [5.41, 5.74) is 3.90. The van der Waals surface area contributed by atoms with Crippen molar-refractivity contribution in [2.24, 2.45) is 0 Å². The summed E-state index contributed by atoms with van der Waals surface area (Å²) in [6, 6.07) is 20.5. The first-order valence-corrected chi connectivity index (χ1v) is 16.9. The number of aliphatic hydroxyl groups excluding tert-OH is 1. The zero-order chi connectivity index (χ0) is 31.6. The van der Waals surface area contributed by atoms with E-state index >= 15 is 0 Å². The summed E-state index contributed by atoms with van der Waals surface area (Å²) in [4.78, 5) is 43.5. The maximum atomic E-state index is 14.3. The number of hydrogen-bond donors (Lipinski definition) is 4. The van der Waals surface area contributed by atoms with Crippen LogP contribution in [0.25, 0.3) is 0 Å². The van der Waals surface area contributed by atoms with Gasteiger partial charge < -0.3 is 25.7 Å². The highest BCUT2D eigenvalue weighted by Gasteiger charge is 2.56. The van der Waals surface area contributed by atoms with Gasteiger partial charge in [0.25, 0.3) is 11.8 Å². The number of carbonyl (C=O) groups excluding carboxylic acids is 3. The van der Waals surface area contributed by atoms with Crippen LogP contribution in [0.1, 0.15) is 77.2 Å². The van der Waals surface area contributed by atoms with Gasteiger partial charge >= 0.3 is 0 Å². The van der Waals surface area contributed by atoms with Crippen molar-refractivity contribution in [3.8, 4) is 5.75 Å². The smallest absolute Gasteiger partial charge is 0.254 e. The lowest BCUT2D eigenvalue weighted by molar-refractivity contribution is -0.147. The summed E-state index contributed by atoms with van der Waals surface area (Å²) in [6.45, 7) is 1.65. The van der Waals surface area contributed by atoms with Gasteiger partial charge in [-0.15, -0.1) is 11.8 Å². The van der Waals surface area contributed by atoms with Crippen molar-refractivity contribution in [3.05, 3.63) is 101 Å². The number of hydrogen-bond acceptors (Lipinski definition) is 6. The number of nitrogens with one attached hydrogen (secondary N) is 2. The Kier molecular flexibility index (Phi) is 9.19. The van der Waals surface area contributed by atoms with E-state index in [1.807, 2.05) is 42.5 Å². The Labute approximate surface area is 268 Å². The van der Waals surface area contributed by atoms with Crippen LogP contribution in [-0.2, 0) is 22.4 Å². The van der Waals surface area contributed by atoms with Gasteiger partial charge in [-0.25, -0.2) is 0 Å². The monoisotopic (exact) mass is 627 g/mol. The van der Waals surface area contributed by atoms with E-state index in [-0.39, 0.29) is 29.7 Å². The lowest BCUT2D eigenvalue weighted by Crippen LogP contribution is -2.59. The molecule has 1 spiro atoms. The minimum Gasteiger partial charge on any atom is -0.508 e. The van der Waals surface area contributed by atoms with Gasteiger partial charge in [0.2, 0.25) is 5.91 Å². The van der Waals surface area contributed by atoms with Crippen LogP contribution in [0.2, 0.25) is 0 Å². The molecule has 0 bridgehead atoms. The molecule has 3 amide bonds. The van der Waals surface area contributed by atoms with E-state index in [4.69, 9.17) is 0 Å². The molecule has 2 fully saturated rings. The van der Waals surface area contributed by atoms with Gasteiger partial charge in [0.15, 0.2) is 6.10 Å². The van der Waals surface area contributed by atoms with Crippen molar-refractivity contribution in [2.45, 2.75) is 87.3 Å². The Hall–Kier alpha value is -3.82. The highest BCUT2D eigenvalue weighted by Crippen LogP contribution is 2.51. The molecule has 1 heterocycles. The van der Waals surface area contributed by atoms with E-state index in [0.29, 0.717) is 11.4 Å². The van der Waals surface area contributed by atoms with Crippen LogP contribution in [0.3, 0.4) is 0 Å². The number of fused-ring (bicyclic) bond motifs is 1. The van der Waals surface area contributed by atoms with Crippen molar-refractivity contribution in [3.63, 3.8) is 0 Å². The zero-order valence-electron chi connectivity index (χ0n) is 25.6. The van der Waals surface area contributed by atoms with E-state index in [2.05, 4.69) is 22.8 Å². The molecule has 0 radical (unpaired) electrons. The third kappa shape index (κ3) is 6.33. The van der Waals surface area contributed by atoms with Crippen LogP contribution >= 0.6 is 11.8 Å². The Morgan fingerprint density at radius 1 is 0.978 bits per heavy atom. The molecule has 3 aromatic carbocycles. The molecule has 9 heteroatoms. The quantitative estimate of drug-likeness (QED) is 0.285. The molecule has 0 unspecified atom stereocenters. The molecule has 236 valence electrons. The zero-order valence-corrected chi connectivity index (χ0v) is 26.4. The summed E-state index contributed by atoms with van der Waals surface area (Å²) in [5, 5.41) is 28.1. The number of phenolic OH excluding ortho intramolecular Hbond substituents is 1. The maximum Gasteiger partial charge on any atom is 0.254 e. The Morgan fingerprint density at radius 2 is 1.71 bits per heavy atom. The van der Waals surface area contributed by atoms with Gasteiger partial charge in [0.1, 0.15) is 11.8 Å². The molecular weight excluding hydrogens is 586 g/mol. The number of benzene rings is 3. The summed E-state index contributed by atoms with van der Waals surface area (Å²) < 4.78 is -0.398. The average molecular weight is 628 g/mol. The minimum absolute atomic E-state index is 0.00993. The lowest BCUT2D eigenvalue weighted by atomic mass is 9.87. The van der Waals surface area contributed by atoms with Crippen LogP contribution in [0.15, 0.2) is 72.8 Å². The van der Waals surface area contributed by atoms with E-state index in [1.165, 1.54) is 11.6 Å². The van der Waals surface area contributed by atoms with Gasteiger partial charge in [-0.05, 0) is 74.3 Å². The fourth-order valence-corrected chi connectivity index (χ4v) is 8.96. The van der Waals surface area contributed by atoms with Crippen molar-refractivity contribution in [2.75, 3.05) is 5.88 Å². The predicted molar refractivity (Wildman–Crippen MR) is 175 cm³/mol. The second-order valence-corrected chi connectivity index (χ2v) is 13.9. The Bertz CT molecular complexity index is 1560. The molecule has 1 aliphatic heterocycles. The second kappa shape index (κ2) is 13.3. The molecule has 4 atom stereocenters. The van der Waals surface area contributed by atoms with Crippen LogP contribution in [0.4, 0.5) is 0 Å². The van der Waals surface area contributed by atoms with E-state index in [0.717, 1.165) is 56.1 Å². The number of rotatable bonds is 8. The molecule has 45 heavy (non-hydrogen) atoms. The average Bonchev–Trinajstić information content (AvgIpc) is 3.69. The molecule has 6 rings (SSSR count). The van der Waals surface area contributed by atoms with Crippen LogP contribution in [0, 0.1) is 6.92 Å². The Balaban J connectivity index is 1.26. The molecule has 4 N–H and O–H groups in total. The third-order valence-corrected chi connectivity index (χ3v) is 11.4. The molecule has 3 aromatic rings. The van der Waals surface area contributed by atoms with Gasteiger partial charge in [0.05, 0.1) is 18.0 Å². The summed E-state index contributed by atoms with van der Waals surface area (Å²) >= 11 is 1.64. The van der Waals surface area contributed by atoms with Crippen molar-refractivity contribution in [1.29, 1.82) is 0 Å². The van der Waals surface area contributed by atoms with Gasteiger partial charge in [-0.2, -0.15) is 0 Å².